The summed E-state index contributed by atoms with van der Waals surface area (Å²) in [5.74, 6) is 0.573. The van der Waals surface area contributed by atoms with Gasteiger partial charge in [-0.25, -0.2) is 4.79 Å². The van der Waals surface area contributed by atoms with Crippen LogP contribution in [0.2, 0.25) is 0 Å². The van der Waals surface area contributed by atoms with E-state index in [1.54, 1.807) is 30.3 Å². The number of hydrogen-bond acceptors (Lipinski definition) is 7. The Bertz CT molecular complexity index is 1250. The highest BCUT2D eigenvalue weighted by molar-refractivity contribution is 6.30. The van der Waals surface area contributed by atoms with E-state index >= 15 is 0 Å². The molecule has 180 valence electrons. The molecule has 1 aromatic heterocycles. The van der Waals surface area contributed by atoms with Crippen LogP contribution in [0.3, 0.4) is 0 Å². The zero-order valence-electron chi connectivity index (χ0n) is 19.3. The molecule has 1 aliphatic rings. The minimum atomic E-state index is -0.803. The Morgan fingerprint density at radius 3 is 2.46 bits per heavy atom. The van der Waals surface area contributed by atoms with Crippen LogP contribution < -0.4 is 19.5 Å². The molecule has 4 rings (SSSR count). The predicted molar refractivity (Wildman–Crippen MR) is 126 cm³/mol. The number of rotatable bonds is 9. The minimum Gasteiger partial charge on any atom is -0.493 e. The van der Waals surface area contributed by atoms with Crippen molar-refractivity contribution in [3.05, 3.63) is 83.3 Å². The van der Waals surface area contributed by atoms with Crippen LogP contribution >= 0.6 is 0 Å². The van der Waals surface area contributed by atoms with Crippen LogP contribution in [0.1, 0.15) is 16.9 Å². The average molecular weight is 476 g/mol. The molecule has 0 radical (unpaired) electrons. The molecule has 1 aliphatic heterocycles. The number of nitrogens with one attached hydrogen (secondary N) is 1. The van der Waals surface area contributed by atoms with Crippen LogP contribution in [0.15, 0.2) is 70.9 Å². The summed E-state index contributed by atoms with van der Waals surface area (Å²) in [7, 11) is 1.49. The van der Waals surface area contributed by atoms with Gasteiger partial charge >= 0.3 is 6.03 Å². The molecule has 0 atom stereocenters. The van der Waals surface area contributed by atoms with E-state index in [1.165, 1.54) is 19.4 Å². The fourth-order valence-electron chi connectivity index (χ4n) is 3.40. The predicted octanol–water partition coefficient (Wildman–Crippen LogP) is 3.72. The summed E-state index contributed by atoms with van der Waals surface area (Å²) in [6.07, 6.45) is 2.83. The number of imide groups is 2. The van der Waals surface area contributed by atoms with Gasteiger partial charge in [0.1, 0.15) is 30.3 Å². The smallest absolute Gasteiger partial charge is 0.331 e. The molecule has 0 aliphatic carbocycles. The number of urea groups is 1. The SMILES string of the molecule is COc1cc(/C=C2/C(=O)NC(=O)N(Cc3ccco3)C2=O)ccc1OCCOc1ccc(C)cc1. The third-order valence-corrected chi connectivity index (χ3v) is 5.21. The number of furan rings is 1. The lowest BCUT2D eigenvalue weighted by Crippen LogP contribution is -2.53. The molecular formula is C26H24N2O7. The molecule has 2 aromatic carbocycles. The maximum atomic E-state index is 12.9. The summed E-state index contributed by atoms with van der Waals surface area (Å²) in [6.45, 7) is 2.54. The number of methoxy groups -OCH3 is 1. The summed E-state index contributed by atoms with van der Waals surface area (Å²) >= 11 is 0. The molecule has 1 saturated heterocycles. The number of carbonyl (C=O) groups excluding carboxylic acids is 3. The molecule has 2 heterocycles. The van der Waals surface area contributed by atoms with Crippen molar-refractivity contribution >= 4 is 23.9 Å². The second kappa shape index (κ2) is 10.6. The molecule has 9 nitrogen and oxygen atoms in total. The Balaban J connectivity index is 1.43. The van der Waals surface area contributed by atoms with Crippen molar-refractivity contribution in [2.75, 3.05) is 20.3 Å². The van der Waals surface area contributed by atoms with E-state index in [4.69, 9.17) is 18.6 Å². The summed E-state index contributed by atoms with van der Waals surface area (Å²) in [4.78, 5) is 38.3. The summed E-state index contributed by atoms with van der Waals surface area (Å²) in [5, 5.41) is 2.18. The van der Waals surface area contributed by atoms with E-state index in [-0.39, 0.29) is 18.7 Å². The van der Waals surface area contributed by atoms with E-state index in [2.05, 4.69) is 5.32 Å². The molecule has 1 N–H and O–H groups in total. The fourth-order valence-corrected chi connectivity index (χ4v) is 3.40. The first kappa shape index (κ1) is 23.6. The Labute approximate surface area is 201 Å². The number of hydrogen-bond donors (Lipinski definition) is 1. The standard InChI is InChI=1S/C26H24N2O7/c1-17-5-8-19(9-6-17)34-12-13-35-22-10-7-18(15-23(22)32-2)14-21-24(29)27-26(31)28(25(21)30)16-20-4-3-11-33-20/h3-11,14-15H,12-13,16H2,1-2H3,(H,27,29,31)/b21-14-. The van der Waals surface area contributed by atoms with E-state index in [0.717, 1.165) is 16.2 Å². The summed E-state index contributed by atoms with van der Waals surface area (Å²) < 4.78 is 22.1. The van der Waals surface area contributed by atoms with Crippen molar-refractivity contribution in [3.63, 3.8) is 0 Å². The second-order valence-corrected chi connectivity index (χ2v) is 7.71. The van der Waals surface area contributed by atoms with Gasteiger partial charge in [0.25, 0.3) is 11.8 Å². The highest BCUT2D eigenvalue weighted by atomic mass is 16.5. The fraction of sp³-hybridized carbons (Fsp3) is 0.192. The lowest BCUT2D eigenvalue weighted by molar-refractivity contribution is -0.130. The van der Waals surface area contributed by atoms with Gasteiger partial charge in [-0.05, 0) is 55.0 Å². The van der Waals surface area contributed by atoms with Gasteiger partial charge in [-0.3, -0.25) is 19.8 Å². The Hall–Kier alpha value is -4.53. The van der Waals surface area contributed by atoms with Gasteiger partial charge in [0.2, 0.25) is 0 Å². The topological polar surface area (TPSA) is 107 Å². The molecule has 0 unspecified atom stereocenters. The van der Waals surface area contributed by atoms with Crippen LogP contribution in [0.5, 0.6) is 17.2 Å². The number of barbiturate groups is 1. The molecule has 0 spiro atoms. The number of ether oxygens (including phenoxy) is 3. The first-order valence-corrected chi connectivity index (χ1v) is 10.9. The molecule has 0 bridgehead atoms. The van der Waals surface area contributed by atoms with Gasteiger partial charge in [0.05, 0.1) is 19.9 Å². The molecular weight excluding hydrogens is 452 g/mol. The van der Waals surface area contributed by atoms with Gasteiger partial charge in [0.15, 0.2) is 11.5 Å². The van der Waals surface area contributed by atoms with Crippen LogP contribution in [-0.4, -0.2) is 43.1 Å². The van der Waals surface area contributed by atoms with Gasteiger partial charge < -0.3 is 18.6 Å². The Morgan fingerprint density at radius 1 is 0.971 bits per heavy atom. The lowest BCUT2D eigenvalue weighted by atomic mass is 10.1. The molecule has 4 amide bonds. The van der Waals surface area contributed by atoms with Crippen LogP contribution in [0, 0.1) is 6.92 Å². The zero-order chi connectivity index (χ0) is 24.8. The molecule has 9 heteroatoms. The van der Waals surface area contributed by atoms with Gasteiger partial charge in [-0.1, -0.05) is 23.8 Å². The van der Waals surface area contributed by atoms with E-state index in [1.807, 2.05) is 31.2 Å². The monoisotopic (exact) mass is 476 g/mol. The number of carbonyl (C=O) groups is 3. The molecule has 35 heavy (non-hydrogen) atoms. The van der Waals surface area contributed by atoms with E-state index < -0.39 is 17.8 Å². The second-order valence-electron chi connectivity index (χ2n) is 7.71. The van der Waals surface area contributed by atoms with Gasteiger partial charge in [-0.2, -0.15) is 0 Å². The van der Waals surface area contributed by atoms with Crippen LogP contribution in [-0.2, 0) is 16.1 Å². The van der Waals surface area contributed by atoms with Crippen molar-refractivity contribution in [1.29, 1.82) is 0 Å². The number of benzene rings is 2. The van der Waals surface area contributed by atoms with Crippen molar-refractivity contribution in [1.82, 2.24) is 10.2 Å². The molecule has 3 aromatic rings. The van der Waals surface area contributed by atoms with Crippen molar-refractivity contribution < 1.29 is 33.0 Å². The van der Waals surface area contributed by atoms with Crippen molar-refractivity contribution in [3.8, 4) is 17.2 Å². The van der Waals surface area contributed by atoms with Gasteiger partial charge in [-0.15, -0.1) is 0 Å². The van der Waals surface area contributed by atoms with Crippen molar-refractivity contribution in [2.45, 2.75) is 13.5 Å². The minimum absolute atomic E-state index is 0.0942. The van der Waals surface area contributed by atoms with Crippen LogP contribution in [0.4, 0.5) is 4.79 Å². The molecule has 0 saturated carbocycles. The third-order valence-electron chi connectivity index (χ3n) is 5.21. The maximum absolute atomic E-state index is 12.9. The number of nitrogens with zero attached hydrogens (tertiary/aromatic N) is 1. The third kappa shape index (κ3) is 5.70. The highest BCUT2D eigenvalue weighted by Crippen LogP contribution is 2.29. The normalized spacial score (nSPS) is 14.7. The Kier molecular flexibility index (Phi) is 7.15. The first-order chi connectivity index (χ1) is 16.9. The largest absolute Gasteiger partial charge is 0.493 e. The first-order valence-electron chi connectivity index (χ1n) is 10.9. The average Bonchev–Trinajstić information content (AvgIpc) is 3.37. The number of amides is 4. The lowest BCUT2D eigenvalue weighted by Gasteiger charge is -2.25. The summed E-state index contributed by atoms with van der Waals surface area (Å²) in [6, 6.07) is 15.2. The van der Waals surface area contributed by atoms with Crippen molar-refractivity contribution in [2.24, 2.45) is 0 Å². The van der Waals surface area contributed by atoms with Gasteiger partial charge in [0, 0.05) is 0 Å². The molecule has 1 fully saturated rings. The Morgan fingerprint density at radius 2 is 1.74 bits per heavy atom. The highest BCUT2D eigenvalue weighted by Gasteiger charge is 2.36. The maximum Gasteiger partial charge on any atom is 0.331 e. The van der Waals surface area contributed by atoms with E-state index in [9.17, 15) is 14.4 Å². The van der Waals surface area contributed by atoms with Crippen LogP contribution in [0.25, 0.3) is 6.08 Å². The van der Waals surface area contributed by atoms with E-state index in [0.29, 0.717) is 29.4 Å². The number of aryl methyl sites for hydroxylation is 1. The zero-order valence-corrected chi connectivity index (χ0v) is 19.3. The quantitative estimate of drug-likeness (QED) is 0.285. The summed E-state index contributed by atoms with van der Waals surface area (Å²) in [5.41, 5.74) is 1.49.